The van der Waals surface area contributed by atoms with E-state index in [0.717, 1.165) is 35.5 Å². The number of rotatable bonds is 5. The number of hydrogen-bond acceptors (Lipinski definition) is 3. The summed E-state index contributed by atoms with van der Waals surface area (Å²) in [5.41, 5.74) is 2.52. The average molecular weight is 372 g/mol. The Morgan fingerprint density at radius 2 is 1.57 bits per heavy atom. The Morgan fingerprint density at radius 1 is 0.857 bits per heavy atom. The summed E-state index contributed by atoms with van der Waals surface area (Å²) < 4.78 is 5.84. The molecule has 0 atom stereocenters. The van der Waals surface area contributed by atoms with E-state index in [2.05, 4.69) is 10.3 Å². The fourth-order valence-corrected chi connectivity index (χ4v) is 3.58. The molecule has 0 saturated heterocycles. The molecule has 1 amide bonds. The van der Waals surface area contributed by atoms with Crippen molar-refractivity contribution in [2.75, 3.05) is 0 Å². The topological polar surface area (TPSA) is 51.2 Å². The van der Waals surface area contributed by atoms with Crippen molar-refractivity contribution in [1.29, 1.82) is 0 Å². The first kappa shape index (κ1) is 18.2. The quantitative estimate of drug-likeness (QED) is 0.634. The molecular formula is C24H24N2O2. The third kappa shape index (κ3) is 4.58. The second-order valence-corrected chi connectivity index (χ2v) is 7.21. The first-order chi connectivity index (χ1) is 13.8. The molecule has 142 valence electrons. The van der Waals surface area contributed by atoms with Gasteiger partial charge in [-0.3, -0.25) is 9.78 Å². The van der Waals surface area contributed by atoms with Gasteiger partial charge in [0.15, 0.2) is 0 Å². The summed E-state index contributed by atoms with van der Waals surface area (Å²) in [7, 11) is 0. The van der Waals surface area contributed by atoms with E-state index in [9.17, 15) is 4.79 Å². The second-order valence-electron chi connectivity index (χ2n) is 7.21. The minimum absolute atomic E-state index is 0.0368. The molecule has 0 radical (unpaired) electrons. The van der Waals surface area contributed by atoms with Crippen LogP contribution >= 0.6 is 0 Å². The first-order valence-corrected chi connectivity index (χ1v) is 9.87. The summed E-state index contributed by atoms with van der Waals surface area (Å²) in [6.45, 7) is 0. The van der Waals surface area contributed by atoms with Crippen molar-refractivity contribution >= 4 is 5.91 Å². The highest BCUT2D eigenvalue weighted by molar-refractivity contribution is 5.95. The lowest BCUT2D eigenvalue weighted by Gasteiger charge is -2.22. The number of carbonyl (C=O) groups is 1. The predicted molar refractivity (Wildman–Crippen MR) is 111 cm³/mol. The molecule has 1 aliphatic rings. The molecule has 4 heteroatoms. The number of hydrogen-bond donors (Lipinski definition) is 1. The summed E-state index contributed by atoms with van der Waals surface area (Å²) in [6, 6.07) is 19.7. The number of amides is 1. The van der Waals surface area contributed by atoms with Crippen LogP contribution in [0.3, 0.4) is 0 Å². The highest BCUT2D eigenvalue weighted by Crippen LogP contribution is 2.26. The summed E-state index contributed by atoms with van der Waals surface area (Å²) in [4.78, 5) is 16.9. The van der Waals surface area contributed by atoms with Crippen LogP contribution in [0, 0.1) is 0 Å². The SMILES string of the molecule is O=C(NC1CCCCC1)c1cncc(-c2ccc(Oc3ccccc3)cc2)c1. The zero-order valence-corrected chi connectivity index (χ0v) is 15.8. The van der Waals surface area contributed by atoms with E-state index in [1.165, 1.54) is 19.3 Å². The molecule has 1 aliphatic carbocycles. The molecule has 4 rings (SSSR count). The zero-order valence-electron chi connectivity index (χ0n) is 15.8. The van der Waals surface area contributed by atoms with Gasteiger partial charge in [-0.05, 0) is 48.7 Å². The van der Waals surface area contributed by atoms with Crippen LogP contribution < -0.4 is 10.1 Å². The van der Waals surface area contributed by atoms with Crippen molar-refractivity contribution in [2.24, 2.45) is 0 Å². The van der Waals surface area contributed by atoms with E-state index in [-0.39, 0.29) is 5.91 Å². The molecular weight excluding hydrogens is 348 g/mol. The summed E-state index contributed by atoms with van der Waals surface area (Å²) >= 11 is 0. The number of ether oxygens (including phenoxy) is 1. The molecule has 1 heterocycles. The lowest BCUT2D eigenvalue weighted by atomic mass is 9.95. The summed E-state index contributed by atoms with van der Waals surface area (Å²) in [5, 5.41) is 3.15. The standard InChI is InChI=1S/C24H24N2O2/c27-24(26-21-7-3-1-4-8-21)20-15-19(16-25-17-20)18-11-13-23(14-12-18)28-22-9-5-2-6-10-22/h2,5-6,9-17,21H,1,3-4,7-8H2,(H,26,27). The van der Waals surface area contributed by atoms with Gasteiger partial charge in [0.05, 0.1) is 5.56 Å². The molecule has 0 bridgehead atoms. The number of nitrogens with zero attached hydrogens (tertiary/aromatic N) is 1. The fraction of sp³-hybridized carbons (Fsp3) is 0.250. The van der Waals surface area contributed by atoms with Crippen LogP contribution in [0.1, 0.15) is 42.5 Å². The van der Waals surface area contributed by atoms with Gasteiger partial charge in [-0.15, -0.1) is 0 Å². The zero-order chi connectivity index (χ0) is 19.2. The Bertz CT molecular complexity index is 917. The maximum atomic E-state index is 12.6. The van der Waals surface area contributed by atoms with Crippen molar-refractivity contribution in [3.63, 3.8) is 0 Å². The summed E-state index contributed by atoms with van der Waals surface area (Å²) in [6.07, 6.45) is 9.22. The Morgan fingerprint density at radius 3 is 2.32 bits per heavy atom. The van der Waals surface area contributed by atoms with Gasteiger partial charge >= 0.3 is 0 Å². The van der Waals surface area contributed by atoms with Crippen molar-refractivity contribution in [2.45, 2.75) is 38.1 Å². The van der Waals surface area contributed by atoms with Crippen LogP contribution in [0.15, 0.2) is 73.1 Å². The lowest BCUT2D eigenvalue weighted by molar-refractivity contribution is 0.0927. The number of carbonyl (C=O) groups excluding carboxylic acids is 1. The normalized spacial score (nSPS) is 14.4. The molecule has 1 aromatic heterocycles. The second kappa shape index (κ2) is 8.70. The van der Waals surface area contributed by atoms with Crippen molar-refractivity contribution in [3.05, 3.63) is 78.6 Å². The van der Waals surface area contributed by atoms with E-state index in [0.29, 0.717) is 11.6 Å². The van der Waals surface area contributed by atoms with Gasteiger partial charge in [0, 0.05) is 24.0 Å². The largest absolute Gasteiger partial charge is 0.457 e. The van der Waals surface area contributed by atoms with Gasteiger partial charge in [-0.25, -0.2) is 0 Å². The molecule has 0 spiro atoms. The Hall–Kier alpha value is -3.14. The molecule has 1 saturated carbocycles. The number of pyridine rings is 1. The van der Waals surface area contributed by atoms with Crippen LogP contribution in [0.2, 0.25) is 0 Å². The van der Waals surface area contributed by atoms with Crippen LogP contribution in [0.5, 0.6) is 11.5 Å². The van der Waals surface area contributed by atoms with Crippen molar-refractivity contribution in [3.8, 4) is 22.6 Å². The number of benzene rings is 2. The van der Waals surface area contributed by atoms with Crippen molar-refractivity contribution < 1.29 is 9.53 Å². The highest BCUT2D eigenvalue weighted by Gasteiger charge is 2.17. The van der Waals surface area contributed by atoms with Gasteiger partial charge < -0.3 is 10.1 Å². The maximum absolute atomic E-state index is 12.6. The molecule has 0 unspecified atom stereocenters. The Kier molecular flexibility index (Phi) is 5.66. The fourth-order valence-electron chi connectivity index (χ4n) is 3.58. The Labute approximate surface area is 165 Å². The minimum atomic E-state index is -0.0368. The number of aromatic nitrogens is 1. The molecule has 4 nitrogen and oxygen atoms in total. The third-order valence-corrected chi connectivity index (χ3v) is 5.11. The predicted octanol–water partition coefficient (Wildman–Crippen LogP) is 5.60. The van der Waals surface area contributed by atoms with Crippen LogP contribution in [0.4, 0.5) is 0 Å². The van der Waals surface area contributed by atoms with Gasteiger partial charge in [0.1, 0.15) is 11.5 Å². The molecule has 0 aliphatic heterocycles. The molecule has 2 aromatic carbocycles. The molecule has 3 aromatic rings. The van der Waals surface area contributed by atoms with Gasteiger partial charge in [-0.1, -0.05) is 49.6 Å². The molecule has 1 N–H and O–H groups in total. The highest BCUT2D eigenvalue weighted by atomic mass is 16.5. The average Bonchev–Trinajstić information content (AvgIpc) is 2.76. The maximum Gasteiger partial charge on any atom is 0.253 e. The summed E-state index contributed by atoms with van der Waals surface area (Å²) in [5.74, 6) is 1.54. The van der Waals surface area contributed by atoms with Gasteiger partial charge in [0.2, 0.25) is 0 Å². The third-order valence-electron chi connectivity index (χ3n) is 5.11. The van der Waals surface area contributed by atoms with E-state index in [4.69, 9.17) is 4.74 Å². The molecule has 28 heavy (non-hydrogen) atoms. The van der Waals surface area contributed by atoms with Gasteiger partial charge in [0.25, 0.3) is 5.91 Å². The Balaban J connectivity index is 1.45. The van der Waals surface area contributed by atoms with E-state index < -0.39 is 0 Å². The van der Waals surface area contributed by atoms with E-state index >= 15 is 0 Å². The van der Waals surface area contributed by atoms with Crippen LogP contribution in [-0.2, 0) is 0 Å². The first-order valence-electron chi connectivity index (χ1n) is 9.87. The van der Waals surface area contributed by atoms with Gasteiger partial charge in [-0.2, -0.15) is 0 Å². The molecule has 1 fully saturated rings. The van der Waals surface area contributed by atoms with Crippen molar-refractivity contribution in [1.82, 2.24) is 10.3 Å². The smallest absolute Gasteiger partial charge is 0.253 e. The number of para-hydroxylation sites is 1. The van der Waals surface area contributed by atoms with Crippen LogP contribution in [0.25, 0.3) is 11.1 Å². The monoisotopic (exact) mass is 372 g/mol. The minimum Gasteiger partial charge on any atom is -0.457 e. The lowest BCUT2D eigenvalue weighted by Crippen LogP contribution is -2.36. The number of nitrogens with one attached hydrogen (secondary N) is 1. The van der Waals surface area contributed by atoms with E-state index in [1.54, 1.807) is 12.4 Å². The van der Waals surface area contributed by atoms with E-state index in [1.807, 2.05) is 60.7 Å². The van der Waals surface area contributed by atoms with Crippen LogP contribution in [-0.4, -0.2) is 16.9 Å².